The van der Waals surface area contributed by atoms with Gasteiger partial charge in [-0.05, 0) is 60.1 Å². The van der Waals surface area contributed by atoms with Crippen LogP contribution in [0.25, 0.3) is 60.9 Å². The summed E-state index contributed by atoms with van der Waals surface area (Å²) in [6.07, 6.45) is -3.12. The molecular formula is C47H42IrN3O. The van der Waals surface area contributed by atoms with Crippen molar-refractivity contribution in [3.05, 3.63) is 173 Å². The summed E-state index contributed by atoms with van der Waals surface area (Å²) in [7, 11) is 0. The van der Waals surface area contributed by atoms with Crippen LogP contribution in [0.15, 0.2) is 132 Å². The van der Waals surface area contributed by atoms with Crippen LogP contribution < -0.4 is 0 Å². The number of nitrogens with zero attached hydrogens (tertiary/aromatic N) is 3. The molecule has 0 amide bonds. The average molecular weight is 877 g/mol. The SMILES string of the molecule is [2H]C(=[N-])/C([2H])=C(\C([2H])=C(/C)c1[c-]c([2H])c([2H])c2c1oc1c([2H])c([2H])c([2H])c([2H])c12)c1c([2H])nc(C([2H])([2H])C(C)(C)C)c([2H])c1[2H].[2H]C([2H])([2H])c1ccc(-c2[c-]cc(C([2H])([2H])[2H])c(-c3ccccc3)c2)nc1.[Ir+3]. The predicted molar refractivity (Wildman–Crippen MR) is 214 cm³/mol. The van der Waals surface area contributed by atoms with Crippen LogP contribution >= 0.6 is 0 Å². The number of para-hydroxylation sites is 1. The third-order valence-electron chi connectivity index (χ3n) is 7.21. The summed E-state index contributed by atoms with van der Waals surface area (Å²) < 4.78 is 169. The van der Waals surface area contributed by atoms with E-state index in [1.807, 2.05) is 30.3 Å². The molecule has 5 heteroatoms. The molecule has 0 saturated carbocycles. The molecule has 7 rings (SSSR count). The van der Waals surface area contributed by atoms with Gasteiger partial charge in [-0.3, -0.25) is 4.98 Å². The molecule has 0 aliphatic heterocycles. The second kappa shape index (κ2) is 16.9. The van der Waals surface area contributed by atoms with E-state index in [2.05, 4.69) is 22.1 Å². The minimum absolute atomic E-state index is 0. The molecule has 0 radical (unpaired) electrons. The molecule has 0 N–H and O–H groups in total. The molecule has 0 aliphatic rings. The topological polar surface area (TPSA) is 61.2 Å². The maximum absolute atomic E-state index is 9.98. The number of benzene rings is 4. The minimum Gasteiger partial charge on any atom is -0.811 e. The Hall–Kier alpha value is -5.22. The van der Waals surface area contributed by atoms with Crippen LogP contribution in [0.5, 0.6) is 0 Å². The van der Waals surface area contributed by atoms with Gasteiger partial charge in [0.1, 0.15) is 5.58 Å². The molecule has 260 valence electrons. The summed E-state index contributed by atoms with van der Waals surface area (Å²) in [5.41, 5.74) is -0.974. The fraction of sp³-hybridized carbons (Fsp3) is 0.170. The van der Waals surface area contributed by atoms with E-state index in [-0.39, 0.29) is 64.3 Å². The van der Waals surface area contributed by atoms with Gasteiger partial charge in [0, 0.05) is 42.7 Å². The summed E-state index contributed by atoms with van der Waals surface area (Å²) in [5, 5.41) is 9.64. The first-order valence-corrected chi connectivity index (χ1v) is 15.6. The number of pyridine rings is 2. The van der Waals surface area contributed by atoms with Gasteiger partial charge in [0.05, 0.1) is 12.3 Å². The summed E-state index contributed by atoms with van der Waals surface area (Å²) >= 11 is 0. The fourth-order valence-corrected chi connectivity index (χ4v) is 4.93. The van der Waals surface area contributed by atoms with E-state index in [0.717, 1.165) is 5.56 Å². The molecule has 3 heterocycles. The van der Waals surface area contributed by atoms with E-state index in [4.69, 9.17) is 31.8 Å². The van der Waals surface area contributed by atoms with E-state index in [1.165, 1.54) is 25.3 Å². The molecule has 0 bridgehead atoms. The molecule has 7 aromatic rings. The second-order valence-electron chi connectivity index (χ2n) is 12.2. The molecule has 0 aliphatic carbocycles. The third-order valence-corrected chi connectivity index (χ3v) is 7.21. The van der Waals surface area contributed by atoms with Gasteiger partial charge in [-0.1, -0.05) is 124 Å². The van der Waals surface area contributed by atoms with Crippen molar-refractivity contribution < 1.29 is 51.9 Å². The van der Waals surface area contributed by atoms with Crippen molar-refractivity contribution in [2.75, 3.05) is 0 Å². The van der Waals surface area contributed by atoms with Crippen LogP contribution in [0.1, 0.15) is 83.1 Å². The first kappa shape index (κ1) is 19.6. The Bertz CT molecular complexity index is 3340. The molecule has 4 aromatic carbocycles. The number of hydrogen-bond acceptors (Lipinski definition) is 3. The summed E-state index contributed by atoms with van der Waals surface area (Å²) in [4.78, 5) is 8.15. The summed E-state index contributed by atoms with van der Waals surface area (Å²) in [6, 6.07) is 14.6. The minimum atomic E-state index is -2.28. The molecule has 0 saturated heterocycles. The molecule has 0 spiro atoms. The maximum atomic E-state index is 9.98. The van der Waals surface area contributed by atoms with Gasteiger partial charge in [0.25, 0.3) is 0 Å². The summed E-state index contributed by atoms with van der Waals surface area (Å²) in [6.45, 7) is 1.45. The molecule has 0 unspecified atom stereocenters. The van der Waals surface area contributed by atoms with Gasteiger partial charge in [-0.25, -0.2) is 0 Å². The molecule has 4 nitrogen and oxygen atoms in total. The second-order valence-corrected chi connectivity index (χ2v) is 12.2. The number of furan rings is 1. The predicted octanol–water partition coefficient (Wildman–Crippen LogP) is 12.3. The van der Waals surface area contributed by atoms with E-state index in [9.17, 15) is 5.41 Å². The molecular weight excluding hydrogens is 815 g/mol. The van der Waals surface area contributed by atoms with Gasteiger partial charge in [-0.15, -0.1) is 58.6 Å². The van der Waals surface area contributed by atoms with Crippen molar-refractivity contribution >= 4 is 39.3 Å². The zero-order chi connectivity index (χ0) is 53.2. The maximum Gasteiger partial charge on any atom is 3.00 e. The van der Waals surface area contributed by atoms with Crippen molar-refractivity contribution in [2.45, 2.75) is 47.8 Å². The Labute approximate surface area is 349 Å². The van der Waals surface area contributed by atoms with Crippen LogP contribution in [0.3, 0.4) is 0 Å². The van der Waals surface area contributed by atoms with E-state index in [0.29, 0.717) is 16.8 Å². The van der Waals surface area contributed by atoms with Crippen LogP contribution in [0, 0.1) is 31.3 Å². The Morgan fingerprint density at radius 2 is 1.83 bits per heavy atom. The van der Waals surface area contributed by atoms with Crippen molar-refractivity contribution in [1.29, 1.82) is 0 Å². The quantitative estimate of drug-likeness (QED) is 0.0910. The monoisotopic (exact) mass is 877 g/mol. The van der Waals surface area contributed by atoms with E-state index >= 15 is 0 Å². The normalized spacial score (nSPS) is 18.5. The Morgan fingerprint density at radius 1 is 1.00 bits per heavy atom. The third kappa shape index (κ3) is 9.16. The number of allylic oxidation sites excluding steroid dienone is 4. The van der Waals surface area contributed by atoms with Gasteiger partial charge in [0.15, 0.2) is 0 Å². The van der Waals surface area contributed by atoms with Gasteiger partial charge in [0.2, 0.25) is 0 Å². The number of aromatic nitrogens is 2. The van der Waals surface area contributed by atoms with Crippen molar-refractivity contribution in [2.24, 2.45) is 5.41 Å². The number of aryl methyl sites for hydroxylation is 2. The first-order chi connectivity index (χ1) is 32.7. The molecule has 3 aromatic heterocycles. The van der Waals surface area contributed by atoms with Crippen molar-refractivity contribution in [3.8, 4) is 22.4 Å². The van der Waals surface area contributed by atoms with Crippen molar-refractivity contribution in [3.63, 3.8) is 0 Å². The van der Waals surface area contributed by atoms with E-state index in [1.54, 1.807) is 32.9 Å². The molecule has 0 fully saturated rings. The first-order valence-electron chi connectivity index (χ1n) is 25.6. The van der Waals surface area contributed by atoms with Gasteiger partial charge < -0.3 is 14.8 Å². The molecule has 0 atom stereocenters. The van der Waals surface area contributed by atoms with Gasteiger partial charge in [-0.2, -0.15) is 6.19 Å². The van der Waals surface area contributed by atoms with Crippen LogP contribution in [0.2, 0.25) is 0 Å². The Morgan fingerprint density at radius 3 is 2.56 bits per heavy atom. The zero-order valence-electron chi connectivity index (χ0n) is 48.4. The average Bonchev–Trinajstić information content (AvgIpc) is 3.71. The fourth-order valence-electron chi connectivity index (χ4n) is 4.93. The Balaban J connectivity index is 0.000000302. The largest absolute Gasteiger partial charge is 3.00 e. The van der Waals surface area contributed by atoms with E-state index < -0.39 is 115 Å². The van der Waals surface area contributed by atoms with Crippen LogP contribution in [-0.4, -0.2) is 16.2 Å². The van der Waals surface area contributed by atoms with Crippen molar-refractivity contribution in [1.82, 2.24) is 9.97 Å². The zero-order valence-corrected chi connectivity index (χ0v) is 30.8. The number of hydrogen-bond donors (Lipinski definition) is 0. The molecule has 52 heavy (non-hydrogen) atoms. The van der Waals surface area contributed by atoms with Gasteiger partial charge >= 0.3 is 20.1 Å². The standard InChI is InChI=1S/C28H26N2O.C19H16N.Ir/c1-19(23-9-7-10-25-24-8-5-6-11-26(24)31-27(23)25)16-20(14-15-29)21-12-13-22(30-18-21)17-28(2,3)4;1-14-8-11-19(20-13-14)17-10-9-15(2)18(12-17)16-6-4-3-5-7-16;/h5-8,10-16,18H,17H2,1-4H3;3-9,11-13H,1-2H3;/q-2;-1;+3/b19-16+,20-14+;;/i5D,6D,7D,8D,10D,11D,12D,13D,14D,15D,16D,17D2,18D;1D3,2D3;. The number of rotatable bonds is 7. The smallest absolute Gasteiger partial charge is 0.811 e. The van der Waals surface area contributed by atoms with Crippen LogP contribution in [0.4, 0.5) is 0 Å². The summed E-state index contributed by atoms with van der Waals surface area (Å²) in [5.74, 6) is 0. The Kier molecular flexibility index (Phi) is 6.35. The van der Waals surface area contributed by atoms with Crippen LogP contribution in [-0.2, 0) is 26.5 Å². The number of fused-ring (bicyclic) bond motifs is 3.